The minimum atomic E-state index is -3.96. The monoisotopic (exact) mass is 470 g/mol. The minimum absolute atomic E-state index is 0.0253. The van der Waals surface area contributed by atoms with Crippen molar-refractivity contribution >= 4 is 49.7 Å². The standard InChI is InChI=1S/C21H15ClN4O3S2/c22-15-7-4-8-16(11-15)31(28,29)26-18-12-23-10-9-17(18)20(27)25-21-24-19(13-30-21)14-5-2-1-3-6-14/h1-13,26H,(H,24,25,27). The summed E-state index contributed by atoms with van der Waals surface area (Å²) in [5.74, 6) is -0.514. The maximum atomic E-state index is 12.8. The number of rotatable bonds is 6. The van der Waals surface area contributed by atoms with Gasteiger partial charge in [-0.1, -0.05) is 48.0 Å². The van der Waals surface area contributed by atoms with Crippen molar-refractivity contribution in [1.82, 2.24) is 9.97 Å². The summed E-state index contributed by atoms with van der Waals surface area (Å²) >= 11 is 7.17. The van der Waals surface area contributed by atoms with Gasteiger partial charge in [0.1, 0.15) is 0 Å². The largest absolute Gasteiger partial charge is 0.298 e. The summed E-state index contributed by atoms with van der Waals surface area (Å²) in [6.07, 6.45) is 2.68. The van der Waals surface area contributed by atoms with Crippen molar-refractivity contribution < 1.29 is 13.2 Å². The van der Waals surface area contributed by atoms with Crippen molar-refractivity contribution in [2.45, 2.75) is 4.90 Å². The van der Waals surface area contributed by atoms with Gasteiger partial charge in [0, 0.05) is 22.2 Å². The molecule has 2 N–H and O–H groups in total. The number of pyridine rings is 1. The van der Waals surface area contributed by atoms with E-state index in [9.17, 15) is 13.2 Å². The van der Waals surface area contributed by atoms with Crippen LogP contribution in [0.2, 0.25) is 5.02 Å². The number of amides is 1. The van der Waals surface area contributed by atoms with Gasteiger partial charge >= 0.3 is 0 Å². The highest BCUT2D eigenvalue weighted by Gasteiger charge is 2.20. The van der Waals surface area contributed by atoms with E-state index in [0.29, 0.717) is 5.13 Å². The van der Waals surface area contributed by atoms with Crippen LogP contribution in [-0.2, 0) is 10.0 Å². The first-order valence-corrected chi connectivity index (χ1v) is 11.7. The highest BCUT2D eigenvalue weighted by Crippen LogP contribution is 2.26. The van der Waals surface area contributed by atoms with Gasteiger partial charge < -0.3 is 0 Å². The molecule has 0 bridgehead atoms. The third-order valence-corrected chi connectivity index (χ3v) is 6.57. The van der Waals surface area contributed by atoms with E-state index in [4.69, 9.17) is 11.6 Å². The summed E-state index contributed by atoms with van der Waals surface area (Å²) in [6.45, 7) is 0. The molecule has 0 aliphatic rings. The molecule has 0 saturated heterocycles. The molecule has 156 valence electrons. The predicted octanol–water partition coefficient (Wildman–Crippen LogP) is 4.91. The number of aromatic nitrogens is 2. The molecular weight excluding hydrogens is 456 g/mol. The van der Waals surface area contributed by atoms with E-state index < -0.39 is 15.9 Å². The van der Waals surface area contributed by atoms with Gasteiger partial charge in [-0.3, -0.25) is 19.8 Å². The molecule has 31 heavy (non-hydrogen) atoms. The maximum Gasteiger partial charge on any atom is 0.262 e. The molecule has 0 saturated carbocycles. The molecule has 7 nitrogen and oxygen atoms in total. The molecule has 0 radical (unpaired) electrons. The van der Waals surface area contributed by atoms with E-state index in [1.165, 1.54) is 48.0 Å². The minimum Gasteiger partial charge on any atom is -0.298 e. The molecule has 0 atom stereocenters. The van der Waals surface area contributed by atoms with E-state index in [0.717, 1.165) is 11.3 Å². The van der Waals surface area contributed by atoms with Gasteiger partial charge in [0.25, 0.3) is 15.9 Å². The summed E-state index contributed by atoms with van der Waals surface area (Å²) in [5.41, 5.74) is 1.81. The van der Waals surface area contributed by atoms with Gasteiger partial charge in [-0.15, -0.1) is 11.3 Å². The third-order valence-electron chi connectivity index (χ3n) is 4.21. The van der Waals surface area contributed by atoms with Crippen molar-refractivity contribution in [1.29, 1.82) is 0 Å². The van der Waals surface area contributed by atoms with Crippen molar-refractivity contribution in [2.24, 2.45) is 0 Å². The lowest BCUT2D eigenvalue weighted by molar-refractivity contribution is 0.102. The molecule has 4 rings (SSSR count). The first-order valence-electron chi connectivity index (χ1n) is 8.97. The normalized spacial score (nSPS) is 11.1. The Morgan fingerprint density at radius 1 is 1.03 bits per heavy atom. The number of hydrogen-bond donors (Lipinski definition) is 2. The van der Waals surface area contributed by atoms with Gasteiger partial charge in [-0.2, -0.15) is 0 Å². The van der Waals surface area contributed by atoms with Crippen molar-refractivity contribution in [2.75, 3.05) is 10.0 Å². The van der Waals surface area contributed by atoms with Crippen molar-refractivity contribution in [3.05, 3.63) is 89.0 Å². The molecule has 0 aliphatic heterocycles. The number of benzene rings is 2. The Morgan fingerprint density at radius 2 is 1.84 bits per heavy atom. The number of nitrogens with zero attached hydrogens (tertiary/aromatic N) is 2. The number of hydrogen-bond acceptors (Lipinski definition) is 6. The lowest BCUT2D eigenvalue weighted by Gasteiger charge is -2.12. The van der Waals surface area contributed by atoms with Crippen LogP contribution in [-0.4, -0.2) is 24.3 Å². The number of nitrogens with one attached hydrogen (secondary N) is 2. The fraction of sp³-hybridized carbons (Fsp3) is 0. The van der Waals surface area contributed by atoms with Gasteiger partial charge in [-0.05, 0) is 24.3 Å². The van der Waals surface area contributed by atoms with E-state index in [1.807, 2.05) is 35.7 Å². The van der Waals surface area contributed by atoms with Crippen LogP contribution < -0.4 is 10.0 Å². The lowest BCUT2D eigenvalue weighted by atomic mass is 10.2. The van der Waals surface area contributed by atoms with Gasteiger partial charge in [-0.25, -0.2) is 13.4 Å². The molecule has 0 unspecified atom stereocenters. The Labute approximate surface area is 187 Å². The zero-order valence-corrected chi connectivity index (χ0v) is 18.2. The van der Waals surface area contributed by atoms with Gasteiger partial charge in [0.15, 0.2) is 5.13 Å². The highest BCUT2D eigenvalue weighted by molar-refractivity contribution is 7.92. The number of sulfonamides is 1. The average molecular weight is 471 g/mol. The predicted molar refractivity (Wildman–Crippen MR) is 122 cm³/mol. The zero-order valence-electron chi connectivity index (χ0n) is 15.8. The highest BCUT2D eigenvalue weighted by atomic mass is 35.5. The summed E-state index contributed by atoms with van der Waals surface area (Å²) < 4.78 is 27.8. The molecule has 0 fully saturated rings. The summed E-state index contributed by atoms with van der Waals surface area (Å²) in [5, 5.41) is 5.22. The first-order chi connectivity index (χ1) is 14.9. The first kappa shape index (κ1) is 21.0. The number of halogens is 1. The lowest BCUT2D eigenvalue weighted by Crippen LogP contribution is -2.19. The Kier molecular flexibility index (Phi) is 5.99. The van der Waals surface area contributed by atoms with Crippen LogP contribution in [0.3, 0.4) is 0 Å². The smallest absolute Gasteiger partial charge is 0.262 e. The topological polar surface area (TPSA) is 101 Å². The Balaban J connectivity index is 1.56. The Bertz CT molecular complexity index is 1340. The molecule has 1 amide bonds. The second kappa shape index (κ2) is 8.84. The maximum absolute atomic E-state index is 12.8. The van der Waals surface area contributed by atoms with E-state index in [-0.39, 0.29) is 21.2 Å². The number of carbonyl (C=O) groups excluding carboxylic acids is 1. The summed E-state index contributed by atoms with van der Waals surface area (Å²) in [6, 6.07) is 16.8. The fourth-order valence-corrected chi connectivity index (χ4v) is 4.83. The van der Waals surface area contributed by atoms with E-state index in [1.54, 1.807) is 6.07 Å². The van der Waals surface area contributed by atoms with Crippen LogP contribution in [0, 0.1) is 0 Å². The zero-order chi connectivity index (χ0) is 21.8. The SMILES string of the molecule is O=C(Nc1nc(-c2ccccc2)cs1)c1ccncc1NS(=O)(=O)c1cccc(Cl)c1. The van der Waals surface area contributed by atoms with Crippen LogP contribution in [0.25, 0.3) is 11.3 Å². The van der Waals surface area contributed by atoms with Crippen LogP contribution in [0.4, 0.5) is 10.8 Å². The van der Waals surface area contributed by atoms with Crippen molar-refractivity contribution in [3.8, 4) is 11.3 Å². The summed E-state index contributed by atoms with van der Waals surface area (Å²) in [7, 11) is -3.96. The summed E-state index contributed by atoms with van der Waals surface area (Å²) in [4.78, 5) is 21.2. The second-order valence-electron chi connectivity index (χ2n) is 6.34. The van der Waals surface area contributed by atoms with Crippen molar-refractivity contribution in [3.63, 3.8) is 0 Å². The van der Waals surface area contributed by atoms with E-state index in [2.05, 4.69) is 20.0 Å². The van der Waals surface area contributed by atoms with Crippen LogP contribution in [0.1, 0.15) is 10.4 Å². The van der Waals surface area contributed by atoms with Crippen LogP contribution >= 0.6 is 22.9 Å². The molecule has 2 heterocycles. The average Bonchev–Trinajstić information content (AvgIpc) is 3.23. The molecule has 2 aromatic heterocycles. The number of thiazole rings is 1. The molecule has 10 heteroatoms. The molecule has 0 spiro atoms. The quantitative estimate of drug-likeness (QED) is 0.417. The molecule has 0 aliphatic carbocycles. The molecule has 4 aromatic rings. The van der Waals surface area contributed by atoms with Crippen LogP contribution in [0.15, 0.2) is 83.3 Å². The van der Waals surface area contributed by atoms with Gasteiger partial charge in [0.05, 0.1) is 28.0 Å². The Hall–Kier alpha value is -3.27. The number of carbonyl (C=O) groups is 1. The molecule has 2 aromatic carbocycles. The van der Waals surface area contributed by atoms with Gasteiger partial charge in [0.2, 0.25) is 0 Å². The number of anilines is 2. The van der Waals surface area contributed by atoms with E-state index >= 15 is 0 Å². The fourth-order valence-electron chi connectivity index (χ4n) is 2.75. The Morgan fingerprint density at radius 3 is 2.61 bits per heavy atom. The molecular formula is C21H15ClN4O3S2. The third kappa shape index (κ3) is 4.91. The second-order valence-corrected chi connectivity index (χ2v) is 9.32. The van der Waals surface area contributed by atoms with Crippen LogP contribution in [0.5, 0.6) is 0 Å².